The van der Waals surface area contributed by atoms with E-state index in [9.17, 15) is 15.2 Å². The van der Waals surface area contributed by atoms with Crippen molar-refractivity contribution in [2.45, 2.75) is 44.9 Å². The van der Waals surface area contributed by atoms with E-state index in [0.29, 0.717) is 12.8 Å². The lowest BCUT2D eigenvalue weighted by molar-refractivity contribution is -0.847. The third-order valence-corrected chi connectivity index (χ3v) is 3.84. The lowest BCUT2D eigenvalue weighted by Gasteiger charge is -2.21. The minimum absolute atomic E-state index is 0.465. The molecule has 0 saturated carbocycles. The van der Waals surface area contributed by atoms with Gasteiger partial charge in [-0.1, -0.05) is 18.2 Å². The first-order valence-electron chi connectivity index (χ1n) is 7.19. The van der Waals surface area contributed by atoms with Gasteiger partial charge in [-0.3, -0.25) is 10.4 Å². The van der Waals surface area contributed by atoms with Crippen molar-refractivity contribution in [2.75, 3.05) is 0 Å². The van der Waals surface area contributed by atoms with E-state index >= 15 is 0 Å². The Morgan fingerprint density at radius 1 is 1.41 bits per heavy atom. The van der Waals surface area contributed by atoms with E-state index in [0.717, 1.165) is 15.0 Å². The molecule has 1 heterocycles. The summed E-state index contributed by atoms with van der Waals surface area (Å²) in [5.74, 6) is -0.589. The average Bonchev–Trinajstić information content (AvgIpc) is 2.80. The van der Waals surface area contributed by atoms with Crippen molar-refractivity contribution in [3.8, 4) is 0 Å². The maximum atomic E-state index is 12.4. The summed E-state index contributed by atoms with van der Waals surface area (Å²) in [5.41, 5.74) is -1.61. The van der Waals surface area contributed by atoms with Gasteiger partial charge in [-0.15, -0.1) is 0 Å². The molecule has 0 spiro atoms. The number of carbonyl (C=O) groups is 1. The lowest BCUT2D eigenvalue weighted by Crippen LogP contribution is -2.50. The van der Waals surface area contributed by atoms with Gasteiger partial charge in [0.05, 0.1) is 0 Å². The molecule has 1 aliphatic heterocycles. The lowest BCUT2D eigenvalue weighted by atomic mass is 10.00. The smallest absolute Gasteiger partial charge is 0.388 e. The average molecular weight is 306 g/mol. The van der Waals surface area contributed by atoms with Crippen LogP contribution in [0.2, 0.25) is 0 Å². The first-order valence-corrected chi connectivity index (χ1v) is 7.19. The molecule has 6 nitrogen and oxygen atoms in total. The zero-order chi connectivity index (χ0) is 16.4. The Balaban J connectivity index is 2.15. The van der Waals surface area contributed by atoms with Crippen LogP contribution in [0.5, 0.6) is 0 Å². The summed E-state index contributed by atoms with van der Waals surface area (Å²) in [6.45, 7) is 4.76. The summed E-state index contributed by atoms with van der Waals surface area (Å²) in [4.78, 5) is 12.4. The van der Waals surface area contributed by atoms with Crippen molar-refractivity contribution < 1.29 is 29.4 Å². The molecule has 118 valence electrons. The number of hydroxylamine groups is 2. The molecule has 6 heteroatoms. The quantitative estimate of drug-likeness (QED) is 0.222. The molecule has 0 bridgehead atoms. The van der Waals surface area contributed by atoms with E-state index in [1.165, 1.54) is 6.21 Å². The summed E-state index contributed by atoms with van der Waals surface area (Å²) in [7, 11) is 0. The highest BCUT2D eigenvalue weighted by Gasteiger charge is 2.54. The summed E-state index contributed by atoms with van der Waals surface area (Å²) in [6.07, 6.45) is 4.09. The van der Waals surface area contributed by atoms with Gasteiger partial charge in [0.2, 0.25) is 6.21 Å². The Morgan fingerprint density at radius 3 is 2.59 bits per heavy atom. The van der Waals surface area contributed by atoms with Crippen LogP contribution >= 0.6 is 0 Å². The monoisotopic (exact) mass is 306 g/mol. The fraction of sp³-hybridized carbons (Fsp3) is 0.438. The minimum atomic E-state index is -1.26. The fourth-order valence-corrected chi connectivity index (χ4v) is 2.20. The van der Waals surface area contributed by atoms with Crippen molar-refractivity contribution in [1.82, 2.24) is 0 Å². The highest BCUT2D eigenvalue weighted by molar-refractivity contribution is 5.81. The van der Waals surface area contributed by atoms with Crippen LogP contribution in [0.1, 0.15) is 39.2 Å². The van der Waals surface area contributed by atoms with Gasteiger partial charge in [0, 0.05) is 43.9 Å². The molecule has 1 aromatic rings. The van der Waals surface area contributed by atoms with Crippen molar-refractivity contribution in [3.05, 3.63) is 35.9 Å². The zero-order valence-electron chi connectivity index (χ0n) is 13.1. The molecule has 0 fully saturated rings. The minimum Gasteiger partial charge on any atom is -0.392 e. The second-order valence-corrected chi connectivity index (χ2v) is 6.06. The van der Waals surface area contributed by atoms with Gasteiger partial charge in [-0.2, -0.15) is 0 Å². The highest BCUT2D eigenvalue weighted by atomic mass is 16.6. The Morgan fingerprint density at radius 2 is 2.05 bits per heavy atom. The van der Waals surface area contributed by atoms with Crippen LogP contribution in [0.3, 0.4) is 0 Å². The molecular formula is C16H22N2O4+2. The number of hydrogen-bond donors (Lipinski definition) is 2. The predicted octanol–water partition coefficient (Wildman–Crippen LogP) is 1.81. The molecule has 22 heavy (non-hydrogen) atoms. The van der Waals surface area contributed by atoms with Crippen LogP contribution in [0.15, 0.2) is 30.3 Å². The van der Waals surface area contributed by atoms with Gasteiger partial charge >= 0.3 is 17.2 Å². The van der Waals surface area contributed by atoms with Crippen LogP contribution < -0.4 is 0 Å². The number of rotatable bonds is 4. The van der Waals surface area contributed by atoms with Gasteiger partial charge in [0.15, 0.2) is 6.21 Å². The standard InChI is InChI=1S/C16H22N2O4/c1-15(2,18(21)12-13-8-5-4-6-9-13)22-14(19)16(3)10-7-11-17(16)20/h4-6,8-9,11-12,20-21H,7,10H2,1-3H3/q+2. The number of benzene rings is 1. The first kappa shape index (κ1) is 16.0. The second kappa shape index (κ2) is 5.79. The third kappa shape index (κ3) is 3.10. The van der Waals surface area contributed by atoms with E-state index in [2.05, 4.69) is 0 Å². The number of hydrogen-bond acceptors (Lipinski definition) is 4. The Bertz CT molecular complexity index is 622. The first-order chi connectivity index (χ1) is 10.3. The molecule has 0 amide bonds. The fourth-order valence-electron chi connectivity index (χ4n) is 2.20. The zero-order valence-corrected chi connectivity index (χ0v) is 13.1. The van der Waals surface area contributed by atoms with Gasteiger partial charge < -0.3 is 4.74 Å². The van der Waals surface area contributed by atoms with E-state index in [-0.39, 0.29) is 0 Å². The van der Waals surface area contributed by atoms with Crippen LogP contribution in [0, 0.1) is 0 Å². The number of esters is 1. The molecule has 1 aliphatic rings. The molecule has 1 unspecified atom stereocenters. The van der Waals surface area contributed by atoms with E-state index < -0.39 is 17.2 Å². The maximum absolute atomic E-state index is 12.4. The molecule has 0 saturated heterocycles. The largest absolute Gasteiger partial charge is 0.392 e. The molecule has 0 radical (unpaired) electrons. The Kier molecular flexibility index (Phi) is 4.21. The number of ether oxygens (including phenoxy) is 1. The summed E-state index contributed by atoms with van der Waals surface area (Å²) in [5, 5.41) is 20.0. The van der Waals surface area contributed by atoms with Crippen molar-refractivity contribution in [3.63, 3.8) is 0 Å². The van der Waals surface area contributed by atoms with Gasteiger partial charge in [-0.05, 0) is 16.9 Å². The maximum Gasteiger partial charge on any atom is 0.388 e. The molecule has 0 aromatic heterocycles. The highest BCUT2D eigenvalue weighted by Crippen LogP contribution is 2.25. The molecule has 2 rings (SSSR count). The SMILES string of the molecule is CC(C)(OC(=O)C1(C)CCC=[N+]1O)[N+](O)=Cc1ccccc1. The summed E-state index contributed by atoms with van der Waals surface area (Å²) >= 11 is 0. The molecule has 1 aromatic carbocycles. The van der Waals surface area contributed by atoms with E-state index in [1.54, 1.807) is 27.0 Å². The number of carbonyl (C=O) groups excluding carboxylic acids is 1. The molecule has 0 aliphatic carbocycles. The van der Waals surface area contributed by atoms with Crippen molar-refractivity contribution in [1.29, 1.82) is 0 Å². The van der Waals surface area contributed by atoms with Gasteiger partial charge in [-0.25, -0.2) is 4.79 Å². The summed E-state index contributed by atoms with van der Waals surface area (Å²) < 4.78 is 7.15. The Labute approximate surface area is 129 Å². The van der Waals surface area contributed by atoms with Gasteiger partial charge in [0.25, 0.3) is 0 Å². The third-order valence-electron chi connectivity index (χ3n) is 3.84. The Hall–Kier alpha value is -2.37. The predicted molar refractivity (Wildman–Crippen MR) is 79.6 cm³/mol. The summed E-state index contributed by atoms with van der Waals surface area (Å²) in [6, 6.07) is 9.21. The number of nitrogens with zero attached hydrogens (tertiary/aromatic N) is 2. The normalized spacial score (nSPS) is 22.3. The van der Waals surface area contributed by atoms with Crippen molar-refractivity contribution in [2.24, 2.45) is 0 Å². The van der Waals surface area contributed by atoms with Crippen LogP contribution in [-0.4, -0.2) is 49.6 Å². The van der Waals surface area contributed by atoms with E-state index in [4.69, 9.17) is 4.74 Å². The second-order valence-electron chi connectivity index (χ2n) is 6.06. The molecule has 1 atom stereocenters. The van der Waals surface area contributed by atoms with Crippen LogP contribution in [0.25, 0.3) is 0 Å². The van der Waals surface area contributed by atoms with Crippen LogP contribution in [0.4, 0.5) is 0 Å². The van der Waals surface area contributed by atoms with Gasteiger partial charge in [0.1, 0.15) is 0 Å². The molecular weight excluding hydrogens is 284 g/mol. The van der Waals surface area contributed by atoms with Crippen LogP contribution in [-0.2, 0) is 9.53 Å². The topological polar surface area (TPSA) is 72.8 Å². The van der Waals surface area contributed by atoms with E-state index in [1.807, 2.05) is 30.3 Å². The molecule has 2 N–H and O–H groups in total. The van der Waals surface area contributed by atoms with Crippen molar-refractivity contribution >= 4 is 18.4 Å².